The number of halogens is 2. The molecule has 1 aromatic rings. The molecule has 0 spiro atoms. The van der Waals surface area contributed by atoms with Gasteiger partial charge in [0.05, 0.1) is 5.60 Å². The predicted octanol–water partition coefficient (Wildman–Crippen LogP) is 2.58. The summed E-state index contributed by atoms with van der Waals surface area (Å²) in [6.07, 6.45) is -2.60. The molecule has 3 nitrogen and oxygen atoms in total. The summed E-state index contributed by atoms with van der Waals surface area (Å²) in [7, 11) is 0. The Morgan fingerprint density at radius 1 is 1.31 bits per heavy atom. The van der Waals surface area contributed by atoms with Gasteiger partial charge in [-0.3, -0.25) is 0 Å². The second kappa shape index (κ2) is 3.59. The topological polar surface area (TPSA) is 38.7 Å². The standard InChI is InChI=1S/C11H12F2O3/c1-11(2,14)7-3-6(10(12)13)4-8-9(7)16-5-15-8/h3-4,10,14H,5H2,1-2H3. The molecule has 0 saturated carbocycles. The third-order valence-electron chi connectivity index (χ3n) is 2.41. The van der Waals surface area contributed by atoms with Gasteiger partial charge in [0.15, 0.2) is 11.5 Å². The average molecular weight is 230 g/mol. The Morgan fingerprint density at radius 2 is 2.00 bits per heavy atom. The summed E-state index contributed by atoms with van der Waals surface area (Å²) < 4.78 is 35.5. The summed E-state index contributed by atoms with van der Waals surface area (Å²) in [5.74, 6) is 0.604. The maximum absolute atomic E-state index is 12.6. The van der Waals surface area contributed by atoms with Crippen LogP contribution in [0.25, 0.3) is 0 Å². The van der Waals surface area contributed by atoms with Gasteiger partial charge in [0.25, 0.3) is 6.43 Å². The lowest BCUT2D eigenvalue weighted by Gasteiger charge is -2.20. The molecule has 1 heterocycles. The van der Waals surface area contributed by atoms with Crippen molar-refractivity contribution < 1.29 is 23.4 Å². The highest BCUT2D eigenvalue weighted by molar-refractivity contribution is 5.53. The van der Waals surface area contributed by atoms with E-state index in [9.17, 15) is 13.9 Å². The van der Waals surface area contributed by atoms with Crippen molar-refractivity contribution in [3.63, 3.8) is 0 Å². The maximum atomic E-state index is 12.6. The van der Waals surface area contributed by atoms with Crippen LogP contribution in [-0.2, 0) is 5.60 Å². The molecule has 0 radical (unpaired) electrons. The first-order chi connectivity index (χ1) is 7.39. The van der Waals surface area contributed by atoms with Crippen LogP contribution in [0, 0.1) is 0 Å². The van der Waals surface area contributed by atoms with Crippen molar-refractivity contribution in [2.75, 3.05) is 6.79 Å². The fourth-order valence-corrected chi connectivity index (χ4v) is 1.61. The Morgan fingerprint density at radius 3 is 2.56 bits per heavy atom. The van der Waals surface area contributed by atoms with Gasteiger partial charge < -0.3 is 14.6 Å². The van der Waals surface area contributed by atoms with Crippen LogP contribution in [0.3, 0.4) is 0 Å². The summed E-state index contributed by atoms with van der Waals surface area (Å²) in [5, 5.41) is 9.88. The molecule has 5 heteroatoms. The van der Waals surface area contributed by atoms with Gasteiger partial charge in [-0.15, -0.1) is 0 Å². The van der Waals surface area contributed by atoms with Gasteiger partial charge in [0, 0.05) is 11.1 Å². The van der Waals surface area contributed by atoms with Crippen LogP contribution in [0.4, 0.5) is 8.78 Å². The van der Waals surface area contributed by atoms with Crippen LogP contribution < -0.4 is 9.47 Å². The van der Waals surface area contributed by atoms with Gasteiger partial charge in [-0.25, -0.2) is 8.78 Å². The molecule has 0 saturated heterocycles. The van der Waals surface area contributed by atoms with Crippen molar-refractivity contribution in [1.82, 2.24) is 0 Å². The lowest BCUT2D eigenvalue weighted by Crippen LogP contribution is -2.16. The molecule has 0 fully saturated rings. The Labute approximate surface area is 91.6 Å². The lowest BCUT2D eigenvalue weighted by molar-refractivity contribution is 0.0739. The van der Waals surface area contributed by atoms with Crippen molar-refractivity contribution in [2.24, 2.45) is 0 Å². The molecule has 1 aromatic carbocycles. The third-order valence-corrected chi connectivity index (χ3v) is 2.41. The van der Waals surface area contributed by atoms with E-state index in [4.69, 9.17) is 9.47 Å². The smallest absolute Gasteiger partial charge is 0.263 e. The van der Waals surface area contributed by atoms with E-state index < -0.39 is 12.0 Å². The molecule has 0 amide bonds. The highest BCUT2D eigenvalue weighted by Gasteiger charge is 2.29. The molecule has 88 valence electrons. The van der Waals surface area contributed by atoms with Gasteiger partial charge >= 0.3 is 0 Å². The van der Waals surface area contributed by atoms with E-state index in [1.807, 2.05) is 0 Å². The number of rotatable bonds is 2. The Balaban J connectivity index is 2.58. The average Bonchev–Trinajstić information content (AvgIpc) is 2.61. The van der Waals surface area contributed by atoms with Gasteiger partial charge in [0.1, 0.15) is 0 Å². The molecule has 0 atom stereocenters. The van der Waals surface area contributed by atoms with Crippen molar-refractivity contribution >= 4 is 0 Å². The Kier molecular flexibility index (Phi) is 2.50. The molecular weight excluding hydrogens is 218 g/mol. The first-order valence-corrected chi connectivity index (χ1v) is 4.84. The minimum atomic E-state index is -2.60. The molecule has 0 aromatic heterocycles. The van der Waals surface area contributed by atoms with Crippen LogP contribution in [0.2, 0.25) is 0 Å². The number of benzene rings is 1. The molecular formula is C11H12F2O3. The molecule has 2 rings (SSSR count). The molecule has 0 unspecified atom stereocenters. The van der Waals surface area contributed by atoms with E-state index in [-0.39, 0.29) is 18.1 Å². The lowest BCUT2D eigenvalue weighted by atomic mass is 9.95. The molecule has 16 heavy (non-hydrogen) atoms. The van der Waals surface area contributed by atoms with E-state index in [1.165, 1.54) is 26.0 Å². The zero-order valence-electron chi connectivity index (χ0n) is 8.96. The SMILES string of the molecule is CC(C)(O)c1cc(C(F)F)cc2c1OCO2. The highest BCUT2D eigenvalue weighted by atomic mass is 19.3. The minimum Gasteiger partial charge on any atom is -0.454 e. The zero-order chi connectivity index (χ0) is 11.9. The fraction of sp³-hybridized carbons (Fsp3) is 0.455. The maximum Gasteiger partial charge on any atom is 0.263 e. The van der Waals surface area contributed by atoms with Crippen molar-refractivity contribution in [3.8, 4) is 11.5 Å². The third kappa shape index (κ3) is 1.82. The predicted molar refractivity (Wildman–Crippen MR) is 52.8 cm³/mol. The van der Waals surface area contributed by atoms with Crippen molar-refractivity contribution in [1.29, 1.82) is 0 Å². The summed E-state index contributed by atoms with van der Waals surface area (Å²) in [6, 6.07) is 2.49. The normalized spacial score (nSPS) is 14.6. The molecule has 0 bridgehead atoms. The summed E-state index contributed by atoms with van der Waals surface area (Å²) >= 11 is 0. The van der Waals surface area contributed by atoms with E-state index in [0.29, 0.717) is 11.3 Å². The van der Waals surface area contributed by atoms with Crippen molar-refractivity contribution in [3.05, 3.63) is 23.3 Å². The highest BCUT2D eigenvalue weighted by Crippen LogP contribution is 2.43. The number of aliphatic hydroxyl groups is 1. The first kappa shape index (κ1) is 11.1. The fourth-order valence-electron chi connectivity index (χ4n) is 1.61. The van der Waals surface area contributed by atoms with Crippen LogP contribution in [-0.4, -0.2) is 11.9 Å². The number of alkyl halides is 2. The van der Waals surface area contributed by atoms with Crippen molar-refractivity contribution in [2.45, 2.75) is 25.9 Å². The molecule has 1 aliphatic heterocycles. The van der Waals surface area contributed by atoms with Gasteiger partial charge in [0.2, 0.25) is 6.79 Å². The number of hydrogen-bond donors (Lipinski definition) is 1. The van der Waals surface area contributed by atoms with E-state index in [0.717, 1.165) is 0 Å². The number of hydrogen-bond acceptors (Lipinski definition) is 3. The molecule has 1 aliphatic rings. The largest absolute Gasteiger partial charge is 0.454 e. The first-order valence-electron chi connectivity index (χ1n) is 4.84. The van der Waals surface area contributed by atoms with E-state index in [2.05, 4.69) is 0 Å². The molecule has 0 aliphatic carbocycles. The number of ether oxygens (including phenoxy) is 2. The summed E-state index contributed by atoms with van der Waals surface area (Å²) in [4.78, 5) is 0. The van der Waals surface area contributed by atoms with Crippen LogP contribution in [0.1, 0.15) is 31.4 Å². The van der Waals surface area contributed by atoms with E-state index >= 15 is 0 Å². The number of fused-ring (bicyclic) bond motifs is 1. The summed E-state index contributed by atoms with van der Waals surface area (Å²) in [5.41, 5.74) is -1.11. The van der Waals surface area contributed by atoms with Gasteiger partial charge in [-0.05, 0) is 26.0 Å². The molecule has 1 N–H and O–H groups in total. The van der Waals surface area contributed by atoms with Gasteiger partial charge in [-0.2, -0.15) is 0 Å². The second-order valence-electron chi connectivity index (χ2n) is 4.16. The second-order valence-corrected chi connectivity index (χ2v) is 4.16. The Bertz CT molecular complexity index is 410. The van der Waals surface area contributed by atoms with Gasteiger partial charge in [-0.1, -0.05) is 0 Å². The zero-order valence-corrected chi connectivity index (χ0v) is 8.96. The van der Waals surface area contributed by atoms with Crippen LogP contribution >= 0.6 is 0 Å². The van der Waals surface area contributed by atoms with E-state index in [1.54, 1.807) is 0 Å². The quantitative estimate of drug-likeness (QED) is 0.848. The Hall–Kier alpha value is -1.36. The monoisotopic (exact) mass is 230 g/mol. The summed E-state index contributed by atoms with van der Waals surface area (Å²) in [6.45, 7) is 3.02. The van der Waals surface area contributed by atoms with Crippen LogP contribution in [0.5, 0.6) is 11.5 Å². The minimum absolute atomic E-state index is 0.00882. The van der Waals surface area contributed by atoms with Crippen LogP contribution in [0.15, 0.2) is 12.1 Å².